The number of hydrogen-bond donors (Lipinski definition) is 1. The van der Waals surface area contributed by atoms with Crippen molar-refractivity contribution in [1.82, 2.24) is 14.9 Å². The van der Waals surface area contributed by atoms with Crippen LogP contribution in [0.3, 0.4) is 0 Å². The Morgan fingerprint density at radius 3 is 2.83 bits per heavy atom. The van der Waals surface area contributed by atoms with Crippen molar-refractivity contribution < 1.29 is 9.53 Å². The molecule has 2 N–H and O–H groups in total. The van der Waals surface area contributed by atoms with Crippen molar-refractivity contribution in [2.45, 2.75) is 44.3 Å². The van der Waals surface area contributed by atoms with Crippen LogP contribution in [0.15, 0.2) is 36.7 Å². The number of hydrogen-bond acceptors (Lipinski definition) is 6. The first-order valence-electron chi connectivity index (χ1n) is 10.1. The molecule has 29 heavy (non-hydrogen) atoms. The van der Waals surface area contributed by atoms with Gasteiger partial charge in [-0.15, -0.1) is 0 Å². The molecule has 148 valence electrons. The number of carbonyl (C=O) groups excluding carboxylic acids is 1. The summed E-state index contributed by atoms with van der Waals surface area (Å²) >= 11 is 0. The number of nitrogen functional groups attached to an aromatic ring is 1. The Morgan fingerprint density at radius 1 is 1.24 bits per heavy atom. The monoisotopic (exact) mass is 388 g/mol. The van der Waals surface area contributed by atoms with Gasteiger partial charge in [0.15, 0.2) is 0 Å². The number of methoxy groups -OCH3 is 1. The smallest absolute Gasteiger partial charge is 0.141 e. The number of benzene rings is 1. The van der Waals surface area contributed by atoms with E-state index in [2.05, 4.69) is 9.88 Å². The number of fused-ring (bicyclic) bond motifs is 2. The second-order valence-corrected chi connectivity index (χ2v) is 7.89. The second-order valence-electron chi connectivity index (χ2n) is 7.89. The maximum Gasteiger partial charge on any atom is 0.141 e. The van der Waals surface area contributed by atoms with Crippen LogP contribution in [-0.2, 0) is 11.3 Å². The number of ether oxygens (including phenoxy) is 1. The van der Waals surface area contributed by atoms with E-state index in [9.17, 15) is 4.79 Å². The standard InChI is InChI=1S/C23H24N4O2/c1-29-16-9-14(10-25-11-16)17-7-4-8-18-22(24)21-19(26-23(17)18)12-27(20(21)13-28)15-5-2-3-6-15/h4,7-11,13,15,20H,2-3,5-6,12H2,1H3,(H2,24,26). The van der Waals surface area contributed by atoms with Crippen molar-refractivity contribution in [3.05, 3.63) is 47.9 Å². The lowest BCUT2D eigenvalue weighted by Crippen LogP contribution is -2.32. The molecule has 1 atom stereocenters. The molecule has 1 aliphatic heterocycles. The average molecular weight is 388 g/mol. The molecule has 0 bridgehead atoms. The Bertz CT molecular complexity index is 1090. The molecule has 0 amide bonds. The van der Waals surface area contributed by atoms with E-state index in [-0.39, 0.29) is 6.04 Å². The van der Waals surface area contributed by atoms with Crippen LogP contribution in [0.5, 0.6) is 5.75 Å². The molecule has 1 unspecified atom stereocenters. The fourth-order valence-corrected chi connectivity index (χ4v) is 4.91. The maximum atomic E-state index is 12.0. The van der Waals surface area contributed by atoms with Gasteiger partial charge < -0.3 is 15.3 Å². The first-order valence-corrected chi connectivity index (χ1v) is 10.1. The predicted molar refractivity (Wildman–Crippen MR) is 113 cm³/mol. The molecular formula is C23H24N4O2. The average Bonchev–Trinajstić information content (AvgIpc) is 3.41. The highest BCUT2D eigenvalue weighted by Gasteiger charge is 2.38. The molecule has 2 aromatic heterocycles. The van der Waals surface area contributed by atoms with Crippen LogP contribution in [0.1, 0.15) is 43.0 Å². The molecular weight excluding hydrogens is 364 g/mol. The molecule has 0 spiro atoms. The minimum Gasteiger partial charge on any atom is -0.495 e. The Labute approximate surface area is 169 Å². The zero-order valence-electron chi connectivity index (χ0n) is 16.5. The highest BCUT2D eigenvalue weighted by atomic mass is 16.5. The second kappa shape index (κ2) is 7.12. The first kappa shape index (κ1) is 18.1. The van der Waals surface area contributed by atoms with Crippen molar-refractivity contribution in [2.24, 2.45) is 0 Å². The normalized spacial score (nSPS) is 19.6. The van der Waals surface area contributed by atoms with E-state index in [0.29, 0.717) is 24.0 Å². The van der Waals surface area contributed by atoms with Gasteiger partial charge in [0.2, 0.25) is 0 Å². The van der Waals surface area contributed by atoms with Crippen molar-refractivity contribution in [2.75, 3.05) is 12.8 Å². The van der Waals surface area contributed by atoms with E-state index in [1.807, 2.05) is 24.3 Å². The number of para-hydroxylation sites is 1. The van der Waals surface area contributed by atoms with Gasteiger partial charge in [-0.3, -0.25) is 14.9 Å². The summed E-state index contributed by atoms with van der Waals surface area (Å²) in [6.45, 7) is 0.675. The summed E-state index contributed by atoms with van der Waals surface area (Å²) in [7, 11) is 1.63. The number of aldehydes is 1. The lowest BCUT2D eigenvalue weighted by atomic mass is 9.98. The maximum absolute atomic E-state index is 12.0. The Morgan fingerprint density at radius 2 is 2.07 bits per heavy atom. The van der Waals surface area contributed by atoms with Gasteiger partial charge in [-0.2, -0.15) is 0 Å². The molecule has 1 saturated carbocycles. The van der Waals surface area contributed by atoms with Gasteiger partial charge in [0, 0.05) is 46.5 Å². The quantitative estimate of drug-likeness (QED) is 0.683. The van der Waals surface area contributed by atoms with E-state index >= 15 is 0 Å². The zero-order chi connectivity index (χ0) is 20.0. The third-order valence-electron chi connectivity index (χ3n) is 6.34. The summed E-state index contributed by atoms with van der Waals surface area (Å²) in [6.07, 6.45) is 9.24. The van der Waals surface area contributed by atoms with E-state index in [1.165, 1.54) is 12.8 Å². The Hall–Kier alpha value is -2.99. The van der Waals surface area contributed by atoms with Crippen LogP contribution in [0.4, 0.5) is 5.69 Å². The van der Waals surface area contributed by atoms with Crippen molar-refractivity contribution >= 4 is 22.9 Å². The third kappa shape index (κ3) is 2.86. The van der Waals surface area contributed by atoms with Gasteiger partial charge >= 0.3 is 0 Å². The Balaban J connectivity index is 1.67. The SMILES string of the molecule is COc1cncc(-c2cccc3c(N)c4c(nc23)CN(C2CCCC2)C4C=O)c1. The minimum absolute atomic E-state index is 0.299. The number of carbonyl (C=O) groups is 1. The number of nitrogens with two attached hydrogens (primary N) is 1. The van der Waals surface area contributed by atoms with Crippen molar-refractivity contribution in [1.29, 1.82) is 0 Å². The van der Waals surface area contributed by atoms with E-state index in [4.69, 9.17) is 15.5 Å². The highest BCUT2D eigenvalue weighted by molar-refractivity contribution is 6.02. The van der Waals surface area contributed by atoms with Crippen LogP contribution in [0, 0.1) is 0 Å². The van der Waals surface area contributed by atoms with Crippen LogP contribution in [0.25, 0.3) is 22.0 Å². The van der Waals surface area contributed by atoms with Crippen LogP contribution < -0.4 is 10.5 Å². The Kier molecular flexibility index (Phi) is 4.43. The van der Waals surface area contributed by atoms with Gasteiger partial charge in [0.1, 0.15) is 12.0 Å². The van der Waals surface area contributed by atoms with Gasteiger partial charge in [0.05, 0.1) is 30.6 Å². The zero-order valence-corrected chi connectivity index (χ0v) is 16.5. The van der Waals surface area contributed by atoms with Gasteiger partial charge in [-0.05, 0) is 18.9 Å². The van der Waals surface area contributed by atoms with Gasteiger partial charge in [0.25, 0.3) is 0 Å². The third-order valence-corrected chi connectivity index (χ3v) is 6.34. The van der Waals surface area contributed by atoms with Crippen LogP contribution in [0.2, 0.25) is 0 Å². The molecule has 1 aliphatic carbocycles. The van der Waals surface area contributed by atoms with E-state index < -0.39 is 0 Å². The van der Waals surface area contributed by atoms with Crippen molar-refractivity contribution in [3.63, 3.8) is 0 Å². The number of nitrogens with zero attached hydrogens (tertiary/aromatic N) is 3. The number of aromatic nitrogens is 2. The van der Waals surface area contributed by atoms with Crippen molar-refractivity contribution in [3.8, 4) is 16.9 Å². The molecule has 2 aliphatic rings. The summed E-state index contributed by atoms with van der Waals surface area (Å²) in [6, 6.07) is 8.07. The largest absolute Gasteiger partial charge is 0.495 e. The molecule has 1 fully saturated rings. The fraction of sp³-hybridized carbons (Fsp3) is 0.348. The molecule has 6 heteroatoms. The number of pyridine rings is 2. The molecule has 0 saturated heterocycles. The van der Waals surface area contributed by atoms with Crippen LogP contribution >= 0.6 is 0 Å². The predicted octanol–water partition coefficient (Wildman–Crippen LogP) is 3.89. The topological polar surface area (TPSA) is 81.3 Å². The van der Waals surface area contributed by atoms with Gasteiger partial charge in [-0.25, -0.2) is 0 Å². The molecule has 1 aromatic carbocycles. The molecule has 3 aromatic rings. The first-order chi connectivity index (χ1) is 14.2. The van der Waals surface area contributed by atoms with E-state index in [1.54, 1.807) is 19.5 Å². The summed E-state index contributed by atoms with van der Waals surface area (Å²) in [5.74, 6) is 0.696. The molecule has 3 heterocycles. The highest BCUT2D eigenvalue weighted by Crippen LogP contribution is 2.43. The summed E-state index contributed by atoms with van der Waals surface area (Å²) in [5, 5.41) is 0.879. The number of rotatable bonds is 4. The molecule has 5 rings (SSSR count). The van der Waals surface area contributed by atoms with Gasteiger partial charge in [-0.1, -0.05) is 31.0 Å². The molecule has 6 nitrogen and oxygen atoms in total. The lowest BCUT2D eigenvalue weighted by molar-refractivity contribution is -0.113. The summed E-state index contributed by atoms with van der Waals surface area (Å²) < 4.78 is 5.33. The number of anilines is 1. The fourth-order valence-electron chi connectivity index (χ4n) is 4.91. The lowest BCUT2D eigenvalue weighted by Gasteiger charge is -2.27. The molecule has 0 radical (unpaired) electrons. The summed E-state index contributed by atoms with van der Waals surface area (Å²) in [5.41, 5.74) is 11.8. The van der Waals surface area contributed by atoms with Crippen LogP contribution in [-0.4, -0.2) is 34.3 Å². The van der Waals surface area contributed by atoms with E-state index in [0.717, 1.165) is 52.4 Å². The minimum atomic E-state index is -0.299. The summed E-state index contributed by atoms with van der Waals surface area (Å²) in [4.78, 5) is 23.6.